The van der Waals surface area contributed by atoms with Crippen LogP contribution in [-0.2, 0) is 10.0 Å². The summed E-state index contributed by atoms with van der Waals surface area (Å²) in [5, 5.41) is 0. The van der Waals surface area contributed by atoms with Gasteiger partial charge in [-0.1, -0.05) is 17.7 Å². The molecule has 2 aromatic rings. The molecule has 3 rings (SSSR count). The molecule has 0 radical (unpaired) electrons. The number of aryl methyl sites for hydroxylation is 1. The van der Waals surface area contributed by atoms with Gasteiger partial charge in [-0.25, -0.2) is 8.42 Å². The highest BCUT2D eigenvalue weighted by atomic mass is 79.9. The molecule has 0 aliphatic carbocycles. The molecule has 0 aromatic heterocycles. The number of benzene rings is 2. The Labute approximate surface area is 163 Å². The molecule has 1 saturated heterocycles. The second-order valence-electron chi connectivity index (χ2n) is 6.25. The van der Waals surface area contributed by atoms with Gasteiger partial charge in [0.05, 0.1) is 16.0 Å². The smallest absolute Gasteiger partial charge is 0.243 e. The fourth-order valence-corrected chi connectivity index (χ4v) is 4.80. The highest BCUT2D eigenvalue weighted by Gasteiger charge is 2.29. The summed E-state index contributed by atoms with van der Waals surface area (Å²) in [6.45, 7) is 6.71. The van der Waals surface area contributed by atoms with Gasteiger partial charge >= 0.3 is 0 Å². The lowest BCUT2D eigenvalue weighted by atomic mass is 10.2. The van der Waals surface area contributed by atoms with Gasteiger partial charge in [-0.15, -0.1) is 0 Å². The average molecular weight is 439 g/mol. The van der Waals surface area contributed by atoms with E-state index in [2.05, 4.69) is 52.0 Å². The Morgan fingerprint density at radius 1 is 1.04 bits per heavy atom. The first kappa shape index (κ1) is 19.2. The van der Waals surface area contributed by atoms with Crippen LogP contribution in [0.5, 0.6) is 5.75 Å². The summed E-state index contributed by atoms with van der Waals surface area (Å²) in [5.41, 5.74) is 2.35. The monoisotopic (exact) mass is 438 g/mol. The molecule has 1 aliphatic rings. The lowest BCUT2D eigenvalue weighted by molar-refractivity contribution is 0.336. The van der Waals surface area contributed by atoms with Crippen molar-refractivity contribution in [3.8, 4) is 5.75 Å². The van der Waals surface area contributed by atoms with Gasteiger partial charge in [0.1, 0.15) is 5.75 Å². The number of ether oxygens (including phenoxy) is 1. The van der Waals surface area contributed by atoms with Crippen LogP contribution in [0.15, 0.2) is 51.8 Å². The van der Waals surface area contributed by atoms with Crippen LogP contribution in [0.25, 0.3) is 0 Å². The van der Waals surface area contributed by atoms with Crippen molar-refractivity contribution in [2.75, 3.05) is 37.7 Å². The Morgan fingerprint density at radius 2 is 1.69 bits per heavy atom. The van der Waals surface area contributed by atoms with Crippen molar-refractivity contribution >= 4 is 31.6 Å². The Morgan fingerprint density at radius 3 is 2.31 bits per heavy atom. The van der Waals surface area contributed by atoms with Crippen LogP contribution in [0.2, 0.25) is 0 Å². The standard InChI is InChI=1S/C19H23BrN2O3S/c1-3-25-19-14-17(8-9-18(19)20)26(23,24)22-12-10-21(11-13-22)16-6-4-15(2)5-7-16/h4-9,14H,3,10-13H2,1-2H3. The number of halogens is 1. The van der Waals surface area contributed by atoms with Crippen molar-refractivity contribution < 1.29 is 13.2 Å². The summed E-state index contributed by atoms with van der Waals surface area (Å²) in [7, 11) is -3.53. The molecule has 1 aliphatic heterocycles. The Hall–Kier alpha value is -1.57. The van der Waals surface area contributed by atoms with Crippen molar-refractivity contribution in [1.82, 2.24) is 4.31 Å². The number of nitrogens with zero attached hydrogens (tertiary/aromatic N) is 2. The molecule has 0 saturated carbocycles. The third-order valence-corrected chi connectivity index (χ3v) is 7.03. The van der Waals surface area contributed by atoms with Crippen molar-refractivity contribution in [3.63, 3.8) is 0 Å². The molecule has 0 amide bonds. The van der Waals surface area contributed by atoms with Gasteiger partial charge in [-0.2, -0.15) is 4.31 Å². The predicted octanol–water partition coefficient (Wildman–Crippen LogP) is 3.67. The topological polar surface area (TPSA) is 49.9 Å². The van der Waals surface area contributed by atoms with Gasteiger partial charge in [0.2, 0.25) is 10.0 Å². The second-order valence-corrected chi connectivity index (χ2v) is 9.04. The first-order valence-electron chi connectivity index (χ1n) is 8.66. The van der Waals surface area contributed by atoms with E-state index in [1.165, 1.54) is 5.56 Å². The van der Waals surface area contributed by atoms with E-state index in [4.69, 9.17) is 4.74 Å². The number of anilines is 1. The zero-order valence-electron chi connectivity index (χ0n) is 15.0. The fraction of sp³-hybridized carbons (Fsp3) is 0.368. The highest BCUT2D eigenvalue weighted by Crippen LogP contribution is 2.30. The molecule has 1 heterocycles. The molecule has 26 heavy (non-hydrogen) atoms. The molecule has 1 fully saturated rings. The molecule has 5 nitrogen and oxygen atoms in total. The minimum absolute atomic E-state index is 0.271. The highest BCUT2D eigenvalue weighted by molar-refractivity contribution is 9.10. The quantitative estimate of drug-likeness (QED) is 0.714. The van der Waals surface area contributed by atoms with Crippen LogP contribution in [0.4, 0.5) is 5.69 Å². The number of rotatable bonds is 5. The number of sulfonamides is 1. The van der Waals surface area contributed by atoms with Crippen LogP contribution < -0.4 is 9.64 Å². The molecule has 7 heteroatoms. The summed E-state index contributed by atoms with van der Waals surface area (Å²) < 4.78 is 33.8. The molecule has 0 bridgehead atoms. The molecule has 2 aromatic carbocycles. The minimum atomic E-state index is -3.53. The van der Waals surface area contributed by atoms with Crippen LogP contribution >= 0.6 is 15.9 Å². The molecule has 140 valence electrons. The fourth-order valence-electron chi connectivity index (χ4n) is 3.00. The lowest BCUT2D eigenvalue weighted by Crippen LogP contribution is -2.48. The zero-order valence-corrected chi connectivity index (χ0v) is 17.4. The SMILES string of the molecule is CCOc1cc(S(=O)(=O)N2CCN(c3ccc(C)cc3)CC2)ccc1Br. The molecule has 0 unspecified atom stereocenters. The summed E-state index contributed by atoms with van der Waals surface area (Å²) in [6, 6.07) is 13.3. The molecular formula is C19H23BrN2O3S. The maximum Gasteiger partial charge on any atom is 0.243 e. The normalized spacial score (nSPS) is 15.9. The molecular weight excluding hydrogens is 416 g/mol. The second kappa shape index (κ2) is 7.98. The largest absolute Gasteiger partial charge is 0.493 e. The van der Waals surface area contributed by atoms with Gasteiger partial charge in [-0.3, -0.25) is 0 Å². The van der Waals surface area contributed by atoms with E-state index in [9.17, 15) is 8.42 Å². The van der Waals surface area contributed by atoms with E-state index >= 15 is 0 Å². The molecule has 0 N–H and O–H groups in total. The maximum atomic E-state index is 13.0. The van der Waals surface area contributed by atoms with E-state index in [1.54, 1.807) is 22.5 Å². The van der Waals surface area contributed by atoms with Gasteiger partial charge in [-0.05, 0) is 54.0 Å². The van der Waals surface area contributed by atoms with Crippen molar-refractivity contribution in [2.45, 2.75) is 18.7 Å². The summed E-state index contributed by atoms with van der Waals surface area (Å²) >= 11 is 3.39. The summed E-state index contributed by atoms with van der Waals surface area (Å²) in [6.07, 6.45) is 0. The van der Waals surface area contributed by atoms with Gasteiger partial charge in [0.25, 0.3) is 0 Å². The van der Waals surface area contributed by atoms with Crippen LogP contribution in [0.1, 0.15) is 12.5 Å². The predicted molar refractivity (Wildman–Crippen MR) is 107 cm³/mol. The first-order chi connectivity index (χ1) is 12.4. The van der Waals surface area contributed by atoms with Crippen molar-refractivity contribution in [2.24, 2.45) is 0 Å². The van der Waals surface area contributed by atoms with Crippen LogP contribution in [0.3, 0.4) is 0 Å². The van der Waals surface area contributed by atoms with Gasteiger partial charge in [0, 0.05) is 37.9 Å². The van der Waals surface area contributed by atoms with E-state index in [0.717, 1.165) is 10.2 Å². The van der Waals surface area contributed by atoms with Crippen LogP contribution in [0, 0.1) is 6.92 Å². The van der Waals surface area contributed by atoms with Crippen LogP contribution in [-0.4, -0.2) is 45.5 Å². The van der Waals surface area contributed by atoms with Crippen molar-refractivity contribution in [3.05, 3.63) is 52.5 Å². The summed E-state index contributed by atoms with van der Waals surface area (Å²) in [5.74, 6) is 0.548. The zero-order chi connectivity index (χ0) is 18.7. The minimum Gasteiger partial charge on any atom is -0.493 e. The number of hydrogen-bond acceptors (Lipinski definition) is 4. The average Bonchev–Trinajstić information content (AvgIpc) is 2.64. The molecule has 0 spiro atoms. The maximum absolute atomic E-state index is 13.0. The van der Waals surface area contributed by atoms with E-state index in [0.29, 0.717) is 38.5 Å². The third kappa shape index (κ3) is 4.05. The number of hydrogen-bond donors (Lipinski definition) is 0. The Balaban J connectivity index is 1.73. The summed E-state index contributed by atoms with van der Waals surface area (Å²) in [4.78, 5) is 2.49. The van der Waals surface area contributed by atoms with Gasteiger partial charge in [0.15, 0.2) is 0 Å². The van der Waals surface area contributed by atoms with E-state index < -0.39 is 10.0 Å². The molecule has 0 atom stereocenters. The van der Waals surface area contributed by atoms with E-state index in [-0.39, 0.29) is 4.90 Å². The Bertz CT molecular complexity index is 861. The van der Waals surface area contributed by atoms with E-state index in [1.807, 2.05) is 6.92 Å². The van der Waals surface area contributed by atoms with Crippen molar-refractivity contribution in [1.29, 1.82) is 0 Å². The number of piperazine rings is 1. The van der Waals surface area contributed by atoms with Gasteiger partial charge < -0.3 is 9.64 Å². The first-order valence-corrected chi connectivity index (χ1v) is 10.9. The third-order valence-electron chi connectivity index (χ3n) is 4.48. The lowest BCUT2D eigenvalue weighted by Gasteiger charge is -2.35. The Kier molecular flexibility index (Phi) is 5.89.